The average Bonchev–Trinajstić information content (AvgIpc) is 2.68. The van der Waals surface area contributed by atoms with E-state index in [0.717, 1.165) is 11.1 Å². The first kappa shape index (κ1) is 16.0. The first-order valence-corrected chi connectivity index (χ1v) is 8.40. The molecule has 2 atom stereocenters. The van der Waals surface area contributed by atoms with Gasteiger partial charge in [0.25, 0.3) is 5.91 Å². The van der Waals surface area contributed by atoms with E-state index in [1.807, 2.05) is 60.7 Å². The molecule has 0 aliphatic carbocycles. The smallest absolute Gasteiger partial charge is 0.252 e. The first-order valence-electron chi connectivity index (χ1n) is 8.40. The zero-order valence-corrected chi connectivity index (χ0v) is 14.0. The van der Waals surface area contributed by atoms with E-state index in [9.17, 15) is 10.1 Å². The third kappa shape index (κ3) is 2.62. The number of benzene rings is 2. The molecule has 26 heavy (non-hydrogen) atoms. The first-order chi connectivity index (χ1) is 12.7. The quantitative estimate of drug-likeness (QED) is 0.877. The summed E-state index contributed by atoms with van der Waals surface area (Å²) in [6.45, 7) is 0. The minimum atomic E-state index is -0.512. The number of rotatable bonds is 2. The molecule has 2 aromatic rings. The zero-order valence-electron chi connectivity index (χ0n) is 14.0. The number of ether oxygens (including phenoxy) is 1. The molecule has 0 saturated carbocycles. The lowest BCUT2D eigenvalue weighted by Crippen LogP contribution is -2.39. The Balaban J connectivity index is 1.79. The molecule has 0 radical (unpaired) electrons. The highest BCUT2D eigenvalue weighted by Crippen LogP contribution is 2.43. The summed E-state index contributed by atoms with van der Waals surface area (Å²) in [5.74, 6) is -0.134. The van der Waals surface area contributed by atoms with Crippen molar-refractivity contribution in [2.75, 3.05) is 0 Å². The van der Waals surface area contributed by atoms with Crippen LogP contribution in [0.4, 0.5) is 0 Å². The van der Waals surface area contributed by atoms with Gasteiger partial charge >= 0.3 is 0 Å². The molecule has 0 unspecified atom stereocenters. The van der Waals surface area contributed by atoms with Crippen molar-refractivity contribution >= 4 is 5.91 Å². The molecular formula is C21H17N3O2. The van der Waals surface area contributed by atoms with E-state index in [1.165, 1.54) is 0 Å². The number of nitriles is 1. The summed E-state index contributed by atoms with van der Waals surface area (Å²) >= 11 is 0. The normalized spacial score (nSPS) is 22.2. The largest absolute Gasteiger partial charge is 0.444 e. The summed E-state index contributed by atoms with van der Waals surface area (Å²) in [6.07, 6.45) is 0.494. The number of amides is 1. The molecule has 2 aliphatic heterocycles. The minimum absolute atomic E-state index is 0.0709. The fourth-order valence-corrected chi connectivity index (χ4v) is 3.56. The fraction of sp³-hybridized carbons (Fsp3) is 0.143. The van der Waals surface area contributed by atoms with E-state index in [4.69, 9.17) is 10.5 Å². The molecule has 4 rings (SSSR count). The van der Waals surface area contributed by atoms with Gasteiger partial charge in [-0.1, -0.05) is 60.7 Å². The van der Waals surface area contributed by atoms with Crippen LogP contribution in [0.25, 0.3) is 0 Å². The summed E-state index contributed by atoms with van der Waals surface area (Å²) in [7, 11) is 0. The van der Waals surface area contributed by atoms with E-state index < -0.39 is 5.92 Å². The van der Waals surface area contributed by atoms with Gasteiger partial charge in [0.2, 0.25) is 5.88 Å². The molecule has 0 spiro atoms. The van der Waals surface area contributed by atoms with E-state index in [-0.39, 0.29) is 23.4 Å². The molecule has 5 nitrogen and oxygen atoms in total. The molecule has 2 heterocycles. The van der Waals surface area contributed by atoms with Crippen molar-refractivity contribution in [1.29, 1.82) is 5.26 Å². The van der Waals surface area contributed by atoms with E-state index >= 15 is 0 Å². The Bertz CT molecular complexity index is 956. The van der Waals surface area contributed by atoms with Crippen molar-refractivity contribution < 1.29 is 9.53 Å². The van der Waals surface area contributed by atoms with Gasteiger partial charge < -0.3 is 15.8 Å². The summed E-state index contributed by atoms with van der Waals surface area (Å²) in [5, 5.41) is 12.6. The topological polar surface area (TPSA) is 88.1 Å². The number of hydrogen-bond acceptors (Lipinski definition) is 4. The van der Waals surface area contributed by atoms with Crippen molar-refractivity contribution in [3.8, 4) is 6.07 Å². The van der Waals surface area contributed by atoms with Gasteiger partial charge in [0, 0.05) is 6.42 Å². The SMILES string of the molecule is N#CC1=C(N)OC2=C(C(=O)N[C@@H](c3ccccc3)C2)[C@H]1c1ccccc1. The van der Waals surface area contributed by atoms with Crippen molar-refractivity contribution in [3.05, 3.63) is 94.6 Å². The third-order valence-electron chi connectivity index (χ3n) is 4.77. The van der Waals surface area contributed by atoms with Crippen molar-refractivity contribution in [3.63, 3.8) is 0 Å². The zero-order chi connectivity index (χ0) is 18.1. The third-order valence-corrected chi connectivity index (χ3v) is 4.77. The van der Waals surface area contributed by atoms with Crippen LogP contribution in [0.15, 0.2) is 83.5 Å². The van der Waals surface area contributed by atoms with Gasteiger partial charge in [0.1, 0.15) is 17.4 Å². The number of carbonyl (C=O) groups is 1. The van der Waals surface area contributed by atoms with Crippen LogP contribution >= 0.6 is 0 Å². The Kier molecular flexibility index (Phi) is 3.94. The van der Waals surface area contributed by atoms with Gasteiger partial charge in [0.15, 0.2) is 0 Å². The maximum atomic E-state index is 12.9. The van der Waals surface area contributed by atoms with Gasteiger partial charge in [0.05, 0.1) is 17.5 Å². The highest BCUT2D eigenvalue weighted by molar-refractivity contribution is 5.98. The van der Waals surface area contributed by atoms with Crippen LogP contribution in [0.3, 0.4) is 0 Å². The van der Waals surface area contributed by atoms with Gasteiger partial charge in [-0.3, -0.25) is 4.79 Å². The Morgan fingerprint density at radius 2 is 1.65 bits per heavy atom. The monoisotopic (exact) mass is 343 g/mol. The van der Waals surface area contributed by atoms with Crippen LogP contribution in [0.1, 0.15) is 29.5 Å². The highest BCUT2D eigenvalue weighted by atomic mass is 16.5. The lowest BCUT2D eigenvalue weighted by molar-refractivity contribution is -0.119. The average molecular weight is 343 g/mol. The minimum Gasteiger partial charge on any atom is -0.444 e. The lowest BCUT2D eigenvalue weighted by Gasteiger charge is -2.34. The van der Waals surface area contributed by atoms with Crippen LogP contribution in [0.5, 0.6) is 0 Å². The predicted molar refractivity (Wildman–Crippen MR) is 96.1 cm³/mol. The molecule has 5 heteroatoms. The van der Waals surface area contributed by atoms with E-state index in [1.54, 1.807) is 0 Å². The number of allylic oxidation sites excluding steroid dienone is 1. The summed E-state index contributed by atoms with van der Waals surface area (Å²) < 4.78 is 5.72. The van der Waals surface area contributed by atoms with Gasteiger partial charge in [-0.2, -0.15) is 5.26 Å². The predicted octanol–water partition coefficient (Wildman–Crippen LogP) is 3.01. The van der Waals surface area contributed by atoms with Crippen LogP contribution < -0.4 is 11.1 Å². The van der Waals surface area contributed by atoms with Crippen molar-refractivity contribution in [1.82, 2.24) is 5.32 Å². The van der Waals surface area contributed by atoms with Crippen LogP contribution in [-0.2, 0) is 9.53 Å². The number of carbonyl (C=O) groups excluding carboxylic acids is 1. The van der Waals surface area contributed by atoms with Crippen LogP contribution in [-0.4, -0.2) is 5.91 Å². The summed E-state index contributed by atoms with van der Waals surface area (Å²) in [4.78, 5) is 12.9. The lowest BCUT2D eigenvalue weighted by atomic mass is 9.80. The second-order valence-electron chi connectivity index (χ2n) is 6.31. The second kappa shape index (κ2) is 6.41. The van der Waals surface area contributed by atoms with Gasteiger partial charge in [-0.05, 0) is 11.1 Å². The maximum Gasteiger partial charge on any atom is 0.252 e. The second-order valence-corrected chi connectivity index (χ2v) is 6.31. The Labute approximate surface area is 151 Å². The van der Waals surface area contributed by atoms with Crippen molar-refractivity contribution in [2.24, 2.45) is 5.73 Å². The van der Waals surface area contributed by atoms with Crippen LogP contribution in [0.2, 0.25) is 0 Å². The standard InChI is InChI=1S/C21H17N3O2/c22-12-15-18(14-9-5-2-6-10-14)19-17(26-20(15)23)11-16(24-21(19)25)13-7-3-1-4-8-13/h1-10,16,18H,11,23H2,(H,24,25)/t16-,18+/m1/s1. The molecule has 128 valence electrons. The van der Waals surface area contributed by atoms with E-state index in [2.05, 4.69) is 11.4 Å². The molecule has 0 fully saturated rings. The number of nitrogens with two attached hydrogens (primary N) is 1. The molecule has 3 N–H and O–H groups in total. The highest BCUT2D eigenvalue weighted by Gasteiger charge is 2.40. The van der Waals surface area contributed by atoms with E-state index in [0.29, 0.717) is 17.8 Å². The Hall–Kier alpha value is -3.52. The maximum absolute atomic E-state index is 12.9. The fourth-order valence-electron chi connectivity index (χ4n) is 3.56. The Morgan fingerprint density at radius 1 is 1.04 bits per heavy atom. The van der Waals surface area contributed by atoms with Crippen molar-refractivity contribution in [2.45, 2.75) is 18.4 Å². The molecule has 0 aromatic heterocycles. The molecule has 0 bridgehead atoms. The number of nitrogens with zero attached hydrogens (tertiary/aromatic N) is 1. The van der Waals surface area contributed by atoms with Gasteiger partial charge in [-0.25, -0.2) is 0 Å². The van der Waals surface area contributed by atoms with Crippen LogP contribution in [0, 0.1) is 11.3 Å². The summed E-state index contributed by atoms with van der Waals surface area (Å²) in [5.41, 5.74) is 8.60. The molecule has 0 saturated heterocycles. The number of hydrogen-bond donors (Lipinski definition) is 2. The molecular weight excluding hydrogens is 326 g/mol. The molecule has 1 amide bonds. The number of nitrogens with one attached hydrogen (secondary N) is 1. The molecule has 2 aromatic carbocycles. The summed E-state index contributed by atoms with van der Waals surface area (Å²) in [6, 6.07) is 21.1. The van der Waals surface area contributed by atoms with Gasteiger partial charge in [-0.15, -0.1) is 0 Å². The Morgan fingerprint density at radius 3 is 2.27 bits per heavy atom. The molecule has 2 aliphatic rings.